The molecule has 2 spiro atoms. The fourth-order valence-electron chi connectivity index (χ4n) is 10.5. The second-order valence-corrected chi connectivity index (χ2v) is 18.6. The molecular formula is C45H36O4S3. The SMILES string of the molecule is O=C1C(=O)c2ccccc2/C1=C/C1=Cc2sc3c(sc4c5c(sc43)C=C(/C=C3\COCC(=O)c4ccccc43)C53CCCCC3)c2C12CCCCC2. The molecule has 2 fully saturated rings. The third kappa shape index (κ3) is 4.25. The van der Waals surface area contributed by atoms with Crippen LogP contribution in [0.2, 0.25) is 0 Å². The van der Waals surface area contributed by atoms with Gasteiger partial charge in [-0.05, 0) is 82.9 Å². The van der Waals surface area contributed by atoms with E-state index in [9.17, 15) is 14.4 Å². The van der Waals surface area contributed by atoms with Crippen LogP contribution >= 0.6 is 34.0 Å². The van der Waals surface area contributed by atoms with Gasteiger partial charge < -0.3 is 4.74 Å². The molecule has 4 heterocycles. The maximum Gasteiger partial charge on any atom is 0.234 e. The van der Waals surface area contributed by atoms with Crippen molar-refractivity contribution in [2.75, 3.05) is 13.2 Å². The summed E-state index contributed by atoms with van der Waals surface area (Å²) in [5, 5.41) is 0. The molecule has 11 rings (SSSR count). The van der Waals surface area contributed by atoms with Gasteiger partial charge in [-0.25, -0.2) is 0 Å². The van der Waals surface area contributed by atoms with Crippen molar-refractivity contribution in [1.29, 1.82) is 0 Å². The van der Waals surface area contributed by atoms with Crippen molar-refractivity contribution in [2.45, 2.75) is 75.0 Å². The van der Waals surface area contributed by atoms with Crippen LogP contribution in [0.5, 0.6) is 0 Å². The van der Waals surface area contributed by atoms with Crippen LogP contribution in [0, 0.1) is 0 Å². The number of hydrogen-bond acceptors (Lipinski definition) is 7. The molecule has 7 heteroatoms. The van der Waals surface area contributed by atoms with E-state index < -0.39 is 0 Å². The number of ketones is 3. The molecule has 5 aliphatic carbocycles. The first kappa shape index (κ1) is 31.5. The molecule has 0 unspecified atom stereocenters. The van der Waals surface area contributed by atoms with E-state index in [0.29, 0.717) is 17.7 Å². The summed E-state index contributed by atoms with van der Waals surface area (Å²) in [6, 6.07) is 15.5. The number of carbonyl (C=O) groups excluding carboxylic acids is 3. The van der Waals surface area contributed by atoms with Gasteiger partial charge in [0.15, 0.2) is 5.78 Å². The first-order valence-corrected chi connectivity index (χ1v) is 21.2. The molecule has 0 N–H and O–H groups in total. The van der Waals surface area contributed by atoms with Crippen molar-refractivity contribution >= 4 is 93.5 Å². The normalized spacial score (nSPS) is 23.1. The number of carbonyl (C=O) groups is 3. The molecule has 52 heavy (non-hydrogen) atoms. The average molecular weight is 737 g/mol. The van der Waals surface area contributed by atoms with Crippen molar-refractivity contribution in [3.63, 3.8) is 0 Å². The van der Waals surface area contributed by atoms with Gasteiger partial charge in [-0.3, -0.25) is 14.4 Å². The second kappa shape index (κ2) is 11.5. The van der Waals surface area contributed by atoms with E-state index in [1.54, 1.807) is 6.07 Å². The monoisotopic (exact) mass is 736 g/mol. The van der Waals surface area contributed by atoms with E-state index in [4.69, 9.17) is 4.74 Å². The molecule has 4 nitrogen and oxygen atoms in total. The van der Waals surface area contributed by atoms with Crippen molar-refractivity contribution in [1.82, 2.24) is 0 Å². The number of hydrogen-bond donors (Lipinski definition) is 0. The Labute approximate surface area is 314 Å². The molecule has 258 valence electrons. The van der Waals surface area contributed by atoms with E-state index in [1.165, 1.54) is 89.4 Å². The molecule has 2 saturated carbocycles. The minimum atomic E-state index is -0.382. The van der Waals surface area contributed by atoms with E-state index in [1.807, 2.05) is 70.4 Å². The standard InChI is InChI=1S/C45H36O4S3/c46-33-24-49-23-25(28-11-3-5-13-30(28)33)19-26-21-34-36(44(26)15-7-1-8-16-44)40-42(50-34)43-41(52-40)37-35(51-43)22-27(45(37)17-9-2-10-18-45)20-32-29-12-4-6-14-31(29)38(47)39(32)48/h3-6,11-14,19-22H,1-2,7-10,15-18,23-24H2/b25-19+,32-20-. The van der Waals surface area contributed by atoms with Gasteiger partial charge in [0.05, 0.1) is 25.4 Å². The minimum Gasteiger partial charge on any atom is -0.369 e. The smallest absolute Gasteiger partial charge is 0.234 e. The highest BCUT2D eigenvalue weighted by molar-refractivity contribution is 7.39. The zero-order valence-electron chi connectivity index (χ0n) is 28.8. The summed E-state index contributed by atoms with van der Waals surface area (Å²) >= 11 is 5.93. The van der Waals surface area contributed by atoms with E-state index in [-0.39, 0.29) is 34.8 Å². The van der Waals surface area contributed by atoms with E-state index in [0.717, 1.165) is 47.9 Å². The predicted molar refractivity (Wildman–Crippen MR) is 214 cm³/mol. The summed E-state index contributed by atoms with van der Waals surface area (Å²) < 4.78 is 11.7. The van der Waals surface area contributed by atoms with Crippen LogP contribution in [0.1, 0.15) is 117 Å². The maximum atomic E-state index is 13.4. The first-order chi connectivity index (χ1) is 25.5. The van der Waals surface area contributed by atoms with Crippen molar-refractivity contribution in [3.05, 3.63) is 115 Å². The lowest BCUT2D eigenvalue weighted by Crippen LogP contribution is -2.29. The van der Waals surface area contributed by atoms with Crippen LogP contribution in [0.3, 0.4) is 0 Å². The Morgan fingerprint density at radius 2 is 1.08 bits per heavy atom. The third-order valence-corrected chi connectivity index (χ3v) is 16.8. The van der Waals surface area contributed by atoms with Crippen molar-refractivity contribution < 1.29 is 19.1 Å². The Morgan fingerprint density at radius 3 is 1.69 bits per heavy atom. The summed E-state index contributed by atoms with van der Waals surface area (Å²) in [4.78, 5) is 42.0. The lowest BCUT2D eigenvalue weighted by atomic mass is 9.67. The minimum absolute atomic E-state index is 0.0284. The number of ether oxygens (including phenoxy) is 1. The van der Waals surface area contributed by atoms with Crippen molar-refractivity contribution in [3.8, 4) is 0 Å². The summed E-state index contributed by atoms with van der Waals surface area (Å²) in [6.07, 6.45) is 21.0. The number of rotatable bonds is 2. The molecule has 3 aromatic heterocycles. The fraction of sp³-hybridized carbons (Fsp3) is 0.311. The van der Waals surface area contributed by atoms with Gasteiger partial charge >= 0.3 is 0 Å². The summed E-state index contributed by atoms with van der Waals surface area (Å²) in [6.45, 7) is 0.568. The zero-order chi connectivity index (χ0) is 34.8. The van der Waals surface area contributed by atoms with E-state index in [2.05, 4.69) is 30.4 Å². The summed E-state index contributed by atoms with van der Waals surface area (Å²) in [5.41, 5.74) is 10.2. The second-order valence-electron chi connectivity index (χ2n) is 15.5. The molecule has 0 amide bonds. The average Bonchev–Trinajstić information content (AvgIpc) is 3.95. The molecular weight excluding hydrogens is 701 g/mol. The molecule has 2 aromatic carbocycles. The van der Waals surface area contributed by atoms with Gasteiger partial charge in [-0.2, -0.15) is 0 Å². The van der Waals surface area contributed by atoms with Crippen LogP contribution in [0.25, 0.3) is 42.1 Å². The Kier molecular flexibility index (Phi) is 6.96. The Hall–Kier alpha value is -4.01. The molecule has 6 aliphatic rings. The van der Waals surface area contributed by atoms with E-state index >= 15 is 0 Å². The fourth-order valence-corrected chi connectivity index (χ4v) is 15.3. The van der Waals surface area contributed by atoms with Crippen molar-refractivity contribution in [2.24, 2.45) is 0 Å². The van der Waals surface area contributed by atoms with Gasteiger partial charge in [-0.1, -0.05) is 93.1 Å². The highest BCUT2D eigenvalue weighted by Gasteiger charge is 2.48. The lowest BCUT2D eigenvalue weighted by Gasteiger charge is -2.37. The number of Topliss-reactive ketones (excluding diaryl/α,β-unsaturated/α-hetero) is 3. The molecule has 0 radical (unpaired) electrons. The van der Waals surface area contributed by atoms with Crippen LogP contribution in [-0.2, 0) is 20.4 Å². The number of benzene rings is 2. The zero-order valence-corrected chi connectivity index (χ0v) is 31.2. The van der Waals surface area contributed by atoms with Crippen LogP contribution < -0.4 is 0 Å². The van der Waals surface area contributed by atoms with Crippen LogP contribution in [0.15, 0.2) is 71.8 Å². The molecule has 0 bridgehead atoms. The lowest BCUT2D eigenvalue weighted by molar-refractivity contribution is -0.109. The topological polar surface area (TPSA) is 60.4 Å². The third-order valence-electron chi connectivity index (χ3n) is 12.8. The molecule has 1 aliphatic heterocycles. The maximum absolute atomic E-state index is 13.4. The molecule has 0 saturated heterocycles. The largest absolute Gasteiger partial charge is 0.369 e. The van der Waals surface area contributed by atoms with Gasteiger partial charge in [0.1, 0.15) is 6.61 Å². The highest BCUT2D eigenvalue weighted by atomic mass is 32.1. The highest BCUT2D eigenvalue weighted by Crippen LogP contribution is 2.64. The Morgan fingerprint density at radius 1 is 0.538 bits per heavy atom. The summed E-state index contributed by atoms with van der Waals surface area (Å²) in [7, 11) is 0. The number of thiophene rings is 3. The molecule has 5 aromatic rings. The Balaban J connectivity index is 1.06. The van der Waals surface area contributed by atoms with Gasteiger partial charge in [0, 0.05) is 37.3 Å². The van der Waals surface area contributed by atoms with Crippen LogP contribution in [0.4, 0.5) is 0 Å². The first-order valence-electron chi connectivity index (χ1n) is 18.7. The number of allylic oxidation sites excluding steroid dienone is 5. The Bertz CT molecular complexity index is 2570. The quantitative estimate of drug-likeness (QED) is 0.134. The van der Waals surface area contributed by atoms with Gasteiger partial charge in [0.25, 0.3) is 0 Å². The van der Waals surface area contributed by atoms with Crippen LogP contribution in [-0.4, -0.2) is 30.6 Å². The van der Waals surface area contributed by atoms with Gasteiger partial charge in [-0.15, -0.1) is 34.0 Å². The summed E-state index contributed by atoms with van der Waals surface area (Å²) in [5.74, 6) is -0.703. The predicted octanol–water partition coefficient (Wildman–Crippen LogP) is 11.5. The van der Waals surface area contributed by atoms with Gasteiger partial charge in [0.2, 0.25) is 11.6 Å². The number of fused-ring (bicyclic) bond motifs is 11. The molecule has 0 atom stereocenters.